The standard InChI is InChI=1S/C24H28N2O2.C2H2O4/c1-2-28-24-22-12-7-6-11-21(22)23(27)26(24)16-8-15-25-17-13-20(14-18-25)19-9-4-3-5-10-19;3-1(4)2(5)6/h3-7,9-13,24H,2,8,14-18H2,1H3;(H,3,4)(H,5,6). The molecular formula is C26H30N2O6. The van der Waals surface area contributed by atoms with Gasteiger partial charge in [-0.1, -0.05) is 54.6 Å². The highest BCUT2D eigenvalue weighted by Gasteiger charge is 2.36. The second-order valence-corrected chi connectivity index (χ2v) is 8.00. The van der Waals surface area contributed by atoms with E-state index in [0.717, 1.165) is 50.1 Å². The molecule has 1 amide bonds. The number of carbonyl (C=O) groups excluding carboxylic acids is 1. The normalized spacial score (nSPS) is 17.4. The molecule has 0 radical (unpaired) electrons. The zero-order valence-corrected chi connectivity index (χ0v) is 19.2. The number of benzene rings is 2. The molecule has 0 saturated carbocycles. The largest absolute Gasteiger partial charge is 0.473 e. The number of rotatable bonds is 7. The van der Waals surface area contributed by atoms with Gasteiger partial charge in [-0.2, -0.15) is 0 Å². The number of carboxylic acid groups (broad SMARTS) is 2. The molecule has 0 bridgehead atoms. The van der Waals surface area contributed by atoms with Gasteiger partial charge in [-0.15, -0.1) is 0 Å². The van der Waals surface area contributed by atoms with Crippen molar-refractivity contribution >= 4 is 23.4 Å². The summed E-state index contributed by atoms with van der Waals surface area (Å²) < 4.78 is 5.90. The van der Waals surface area contributed by atoms with Gasteiger partial charge in [0.25, 0.3) is 5.91 Å². The Morgan fingerprint density at radius 3 is 2.29 bits per heavy atom. The van der Waals surface area contributed by atoms with Gasteiger partial charge in [0.2, 0.25) is 0 Å². The lowest BCUT2D eigenvalue weighted by atomic mass is 9.99. The summed E-state index contributed by atoms with van der Waals surface area (Å²) in [7, 11) is 0. The summed E-state index contributed by atoms with van der Waals surface area (Å²) in [5.74, 6) is -3.55. The molecule has 0 fully saturated rings. The minimum Gasteiger partial charge on any atom is -0.473 e. The van der Waals surface area contributed by atoms with Crippen LogP contribution in [0, 0.1) is 0 Å². The van der Waals surface area contributed by atoms with Crippen LogP contribution in [0.1, 0.15) is 47.5 Å². The smallest absolute Gasteiger partial charge is 0.414 e. The summed E-state index contributed by atoms with van der Waals surface area (Å²) in [5.41, 5.74) is 4.57. The van der Waals surface area contributed by atoms with Gasteiger partial charge in [0, 0.05) is 43.9 Å². The average molecular weight is 467 g/mol. The van der Waals surface area contributed by atoms with Crippen molar-refractivity contribution < 1.29 is 29.3 Å². The zero-order valence-electron chi connectivity index (χ0n) is 19.2. The Kier molecular flexibility index (Phi) is 8.95. The van der Waals surface area contributed by atoms with Crippen molar-refractivity contribution in [2.45, 2.75) is 26.0 Å². The Hall–Kier alpha value is -3.49. The van der Waals surface area contributed by atoms with Crippen molar-refractivity contribution in [1.29, 1.82) is 0 Å². The maximum Gasteiger partial charge on any atom is 0.414 e. The van der Waals surface area contributed by atoms with Crippen LogP contribution in [0.4, 0.5) is 0 Å². The Morgan fingerprint density at radius 2 is 1.68 bits per heavy atom. The molecule has 8 heteroatoms. The van der Waals surface area contributed by atoms with Crippen molar-refractivity contribution in [1.82, 2.24) is 9.80 Å². The zero-order chi connectivity index (χ0) is 24.5. The minimum absolute atomic E-state index is 0.0963. The van der Waals surface area contributed by atoms with E-state index >= 15 is 0 Å². The predicted molar refractivity (Wildman–Crippen MR) is 127 cm³/mol. The van der Waals surface area contributed by atoms with E-state index in [1.54, 1.807) is 0 Å². The van der Waals surface area contributed by atoms with Gasteiger partial charge in [-0.05, 0) is 37.0 Å². The summed E-state index contributed by atoms with van der Waals surface area (Å²) in [6.45, 7) is 6.36. The third-order valence-corrected chi connectivity index (χ3v) is 5.82. The second kappa shape index (κ2) is 12.1. The van der Waals surface area contributed by atoms with Crippen molar-refractivity contribution in [3.63, 3.8) is 0 Å². The fraction of sp³-hybridized carbons (Fsp3) is 0.346. The SMILES string of the molecule is CCOC1c2ccccc2C(=O)N1CCCN1CC=C(c2ccccc2)CC1.O=C(O)C(=O)O. The second-order valence-electron chi connectivity index (χ2n) is 8.00. The first-order chi connectivity index (χ1) is 16.4. The molecule has 180 valence electrons. The molecule has 2 aromatic rings. The molecule has 34 heavy (non-hydrogen) atoms. The van der Waals surface area contributed by atoms with Crippen LogP contribution in [0.3, 0.4) is 0 Å². The number of ether oxygens (including phenoxy) is 1. The van der Waals surface area contributed by atoms with Crippen LogP contribution < -0.4 is 0 Å². The summed E-state index contributed by atoms with van der Waals surface area (Å²) in [6.07, 6.45) is 4.15. The lowest BCUT2D eigenvalue weighted by Gasteiger charge is -2.29. The molecule has 2 aromatic carbocycles. The number of carboxylic acids is 2. The highest BCUT2D eigenvalue weighted by atomic mass is 16.5. The first-order valence-corrected chi connectivity index (χ1v) is 11.4. The number of aliphatic carboxylic acids is 2. The summed E-state index contributed by atoms with van der Waals surface area (Å²) >= 11 is 0. The van der Waals surface area contributed by atoms with Crippen LogP contribution in [-0.2, 0) is 14.3 Å². The summed E-state index contributed by atoms with van der Waals surface area (Å²) in [4.78, 5) is 35.3. The minimum atomic E-state index is -1.82. The van der Waals surface area contributed by atoms with Gasteiger partial charge in [-0.3, -0.25) is 9.69 Å². The van der Waals surface area contributed by atoms with E-state index in [1.165, 1.54) is 11.1 Å². The molecule has 1 unspecified atom stereocenters. The predicted octanol–water partition coefficient (Wildman–Crippen LogP) is 3.51. The molecule has 0 saturated heterocycles. The monoisotopic (exact) mass is 466 g/mol. The molecule has 1 atom stereocenters. The first kappa shape index (κ1) is 25.1. The molecular weight excluding hydrogens is 436 g/mol. The van der Waals surface area contributed by atoms with Gasteiger partial charge in [0.05, 0.1) is 0 Å². The fourth-order valence-electron chi connectivity index (χ4n) is 4.19. The molecule has 0 aromatic heterocycles. The van der Waals surface area contributed by atoms with Crippen LogP contribution in [0.5, 0.6) is 0 Å². The lowest BCUT2D eigenvalue weighted by molar-refractivity contribution is -0.159. The van der Waals surface area contributed by atoms with Crippen molar-refractivity contribution in [3.8, 4) is 0 Å². The number of nitrogens with zero attached hydrogens (tertiary/aromatic N) is 2. The number of fused-ring (bicyclic) bond motifs is 1. The third-order valence-electron chi connectivity index (χ3n) is 5.82. The van der Waals surface area contributed by atoms with Crippen molar-refractivity contribution in [2.24, 2.45) is 0 Å². The fourth-order valence-corrected chi connectivity index (χ4v) is 4.19. The molecule has 2 aliphatic heterocycles. The van der Waals surface area contributed by atoms with Gasteiger partial charge in [-0.25, -0.2) is 9.59 Å². The van der Waals surface area contributed by atoms with Gasteiger partial charge < -0.3 is 19.8 Å². The van der Waals surface area contributed by atoms with Crippen LogP contribution in [-0.4, -0.2) is 70.6 Å². The van der Waals surface area contributed by atoms with E-state index in [4.69, 9.17) is 24.5 Å². The number of amides is 1. The number of hydrogen-bond donors (Lipinski definition) is 2. The van der Waals surface area contributed by atoms with Crippen molar-refractivity contribution in [3.05, 3.63) is 77.4 Å². The highest BCUT2D eigenvalue weighted by molar-refractivity contribution is 6.27. The van der Waals surface area contributed by atoms with E-state index in [2.05, 4.69) is 41.3 Å². The van der Waals surface area contributed by atoms with Gasteiger partial charge in [0.1, 0.15) is 0 Å². The summed E-state index contributed by atoms with van der Waals surface area (Å²) in [5, 5.41) is 14.8. The van der Waals surface area contributed by atoms with Crippen LogP contribution in [0.25, 0.3) is 5.57 Å². The van der Waals surface area contributed by atoms with Crippen LogP contribution in [0.2, 0.25) is 0 Å². The Morgan fingerprint density at radius 1 is 1.00 bits per heavy atom. The van der Waals surface area contributed by atoms with E-state index in [0.29, 0.717) is 6.61 Å². The molecule has 2 aliphatic rings. The van der Waals surface area contributed by atoms with Crippen LogP contribution in [0.15, 0.2) is 60.7 Å². The molecule has 2 heterocycles. The van der Waals surface area contributed by atoms with Gasteiger partial charge in [0.15, 0.2) is 6.23 Å². The maximum atomic E-state index is 12.8. The average Bonchev–Trinajstić information content (AvgIpc) is 3.12. The Balaban J connectivity index is 0.000000481. The topological polar surface area (TPSA) is 107 Å². The molecule has 0 aliphatic carbocycles. The molecule has 8 nitrogen and oxygen atoms in total. The maximum absolute atomic E-state index is 12.8. The number of hydrogen-bond acceptors (Lipinski definition) is 5. The van der Waals surface area contributed by atoms with E-state index in [1.807, 2.05) is 36.1 Å². The van der Waals surface area contributed by atoms with E-state index in [9.17, 15) is 4.79 Å². The Bertz CT molecular complexity index is 1020. The quantitative estimate of drug-likeness (QED) is 0.601. The molecule has 2 N–H and O–H groups in total. The van der Waals surface area contributed by atoms with Gasteiger partial charge >= 0.3 is 11.9 Å². The lowest BCUT2D eigenvalue weighted by Crippen LogP contribution is -2.35. The number of carbonyl (C=O) groups is 3. The van der Waals surface area contributed by atoms with E-state index in [-0.39, 0.29) is 12.1 Å². The van der Waals surface area contributed by atoms with Crippen molar-refractivity contribution in [2.75, 3.05) is 32.8 Å². The third kappa shape index (κ3) is 6.30. The summed E-state index contributed by atoms with van der Waals surface area (Å²) in [6, 6.07) is 18.5. The molecule has 0 spiro atoms. The highest BCUT2D eigenvalue weighted by Crippen LogP contribution is 2.34. The Labute approximate surface area is 199 Å². The van der Waals surface area contributed by atoms with E-state index < -0.39 is 11.9 Å². The van der Waals surface area contributed by atoms with Crippen LogP contribution >= 0.6 is 0 Å². The first-order valence-electron chi connectivity index (χ1n) is 11.4. The molecule has 4 rings (SSSR count).